The van der Waals surface area contributed by atoms with Crippen molar-refractivity contribution in [2.75, 3.05) is 5.32 Å². The summed E-state index contributed by atoms with van der Waals surface area (Å²) < 4.78 is 13.6. The van der Waals surface area contributed by atoms with Crippen LogP contribution in [0.1, 0.15) is 27.2 Å². The monoisotopic (exact) mass is 396 g/mol. The number of aromatic nitrogens is 2. The van der Waals surface area contributed by atoms with E-state index in [1.165, 1.54) is 24.3 Å². The first-order valence-corrected chi connectivity index (χ1v) is 10.0. The van der Waals surface area contributed by atoms with E-state index in [4.69, 9.17) is 0 Å². The summed E-state index contributed by atoms with van der Waals surface area (Å²) in [6.07, 6.45) is 0. The van der Waals surface area contributed by atoms with Gasteiger partial charge < -0.3 is 5.32 Å². The number of benzene rings is 2. The number of carbonyl (C=O) groups excluding carboxylic acids is 1. The lowest BCUT2D eigenvalue weighted by Gasteiger charge is -2.13. The number of nitrogens with zero attached hydrogens (tertiary/aromatic N) is 3. The van der Waals surface area contributed by atoms with E-state index in [0.717, 1.165) is 16.8 Å². The van der Waals surface area contributed by atoms with Gasteiger partial charge in [0.1, 0.15) is 5.82 Å². The number of aryl methyl sites for hydroxylation is 1. The molecule has 0 bridgehead atoms. The number of nitrogens with one attached hydrogen (secondary N) is 1. The largest absolute Gasteiger partial charge is 0.306 e. The molecule has 1 N–H and O–H groups in total. The zero-order chi connectivity index (χ0) is 19.8. The van der Waals surface area contributed by atoms with E-state index in [2.05, 4.69) is 10.4 Å². The molecule has 1 aliphatic heterocycles. The Hall–Kier alpha value is -3.33. The van der Waals surface area contributed by atoms with Crippen molar-refractivity contribution in [3.63, 3.8) is 0 Å². The molecule has 0 saturated heterocycles. The third kappa shape index (κ3) is 3.20. The van der Waals surface area contributed by atoms with Crippen LogP contribution < -0.4 is 5.32 Å². The molecule has 0 saturated carbocycles. The molecule has 0 radical (unpaired) electrons. The van der Waals surface area contributed by atoms with Gasteiger partial charge in [0.05, 0.1) is 27.8 Å². The minimum Gasteiger partial charge on any atom is -0.306 e. The van der Waals surface area contributed by atoms with E-state index in [1.54, 1.807) is 4.68 Å². The SMILES string of the molecule is Cc1ccccc1-n1nc2c(c1NC(=O)c1cccc([N+](=O)[O-])c1)C[S@](=O)C2. The van der Waals surface area contributed by atoms with Gasteiger partial charge in [0.25, 0.3) is 11.6 Å². The number of amides is 1. The fourth-order valence-electron chi connectivity index (χ4n) is 3.17. The molecule has 0 aliphatic carbocycles. The van der Waals surface area contributed by atoms with Crippen molar-refractivity contribution < 1.29 is 13.9 Å². The number of carbonyl (C=O) groups is 1. The Morgan fingerprint density at radius 1 is 1.21 bits per heavy atom. The van der Waals surface area contributed by atoms with Gasteiger partial charge in [-0.25, -0.2) is 4.68 Å². The van der Waals surface area contributed by atoms with Crippen LogP contribution in [0.25, 0.3) is 5.69 Å². The second-order valence-electron chi connectivity index (χ2n) is 6.46. The predicted octanol–water partition coefficient (Wildman–Crippen LogP) is 3.10. The van der Waals surface area contributed by atoms with Crippen molar-refractivity contribution in [1.29, 1.82) is 0 Å². The van der Waals surface area contributed by atoms with Crippen molar-refractivity contribution in [3.05, 3.63) is 81.0 Å². The van der Waals surface area contributed by atoms with E-state index >= 15 is 0 Å². The lowest BCUT2D eigenvalue weighted by Crippen LogP contribution is -2.17. The van der Waals surface area contributed by atoms with Crippen molar-refractivity contribution in [2.45, 2.75) is 18.4 Å². The number of hydrogen-bond acceptors (Lipinski definition) is 5. The third-order valence-electron chi connectivity index (χ3n) is 4.56. The Morgan fingerprint density at radius 2 is 2.00 bits per heavy atom. The molecule has 0 fully saturated rings. The van der Waals surface area contributed by atoms with Crippen LogP contribution in [0.2, 0.25) is 0 Å². The number of nitro benzene ring substituents is 1. The summed E-state index contributed by atoms with van der Waals surface area (Å²) in [5.41, 5.74) is 3.20. The molecule has 2 aromatic carbocycles. The van der Waals surface area contributed by atoms with Gasteiger partial charge >= 0.3 is 0 Å². The highest BCUT2D eigenvalue weighted by molar-refractivity contribution is 7.83. The molecule has 0 unspecified atom stereocenters. The average molecular weight is 396 g/mol. The number of para-hydroxylation sites is 1. The highest BCUT2D eigenvalue weighted by atomic mass is 32.2. The highest BCUT2D eigenvalue weighted by Crippen LogP contribution is 2.32. The second kappa shape index (κ2) is 7.01. The van der Waals surface area contributed by atoms with Gasteiger partial charge in [-0.2, -0.15) is 5.10 Å². The van der Waals surface area contributed by atoms with Gasteiger partial charge in [0.2, 0.25) is 0 Å². The quantitative estimate of drug-likeness (QED) is 0.539. The van der Waals surface area contributed by atoms with Gasteiger partial charge in [-0.15, -0.1) is 0 Å². The minimum absolute atomic E-state index is 0.161. The molecule has 2 heterocycles. The summed E-state index contributed by atoms with van der Waals surface area (Å²) in [5.74, 6) is 0.616. The van der Waals surface area contributed by atoms with E-state index in [0.29, 0.717) is 23.0 Å². The maximum atomic E-state index is 12.8. The number of anilines is 1. The number of fused-ring (bicyclic) bond motifs is 1. The first-order chi connectivity index (χ1) is 13.4. The Kier molecular flexibility index (Phi) is 4.52. The van der Waals surface area contributed by atoms with Crippen LogP contribution in [0.15, 0.2) is 48.5 Å². The summed E-state index contributed by atoms with van der Waals surface area (Å²) in [6.45, 7) is 1.94. The summed E-state index contributed by atoms with van der Waals surface area (Å²) >= 11 is 0. The van der Waals surface area contributed by atoms with Crippen LogP contribution in [0.5, 0.6) is 0 Å². The maximum Gasteiger partial charge on any atom is 0.270 e. The molecule has 8 nitrogen and oxygen atoms in total. The molecule has 9 heteroatoms. The van der Waals surface area contributed by atoms with Gasteiger partial charge in [0.15, 0.2) is 0 Å². The van der Waals surface area contributed by atoms with Crippen molar-refractivity contribution in [3.8, 4) is 5.69 Å². The number of hydrogen-bond donors (Lipinski definition) is 1. The van der Waals surface area contributed by atoms with Crippen molar-refractivity contribution >= 4 is 28.2 Å². The molecule has 142 valence electrons. The number of nitro groups is 1. The summed E-state index contributed by atoms with van der Waals surface area (Å²) in [6, 6.07) is 13.1. The molecule has 1 aliphatic rings. The topological polar surface area (TPSA) is 107 Å². The Balaban J connectivity index is 1.76. The highest BCUT2D eigenvalue weighted by Gasteiger charge is 2.29. The van der Waals surface area contributed by atoms with Crippen LogP contribution in [0.4, 0.5) is 11.5 Å². The van der Waals surface area contributed by atoms with Gasteiger partial charge in [0, 0.05) is 34.1 Å². The Morgan fingerprint density at radius 3 is 2.75 bits per heavy atom. The maximum absolute atomic E-state index is 12.8. The van der Waals surface area contributed by atoms with Crippen LogP contribution >= 0.6 is 0 Å². The lowest BCUT2D eigenvalue weighted by molar-refractivity contribution is -0.384. The van der Waals surface area contributed by atoms with Crippen molar-refractivity contribution in [2.24, 2.45) is 0 Å². The minimum atomic E-state index is -1.05. The fraction of sp³-hybridized carbons (Fsp3) is 0.158. The first kappa shape index (κ1) is 18.1. The summed E-state index contributed by atoms with van der Waals surface area (Å²) in [7, 11) is -1.05. The Labute approximate surface area is 162 Å². The molecule has 28 heavy (non-hydrogen) atoms. The first-order valence-electron chi connectivity index (χ1n) is 8.51. The smallest absolute Gasteiger partial charge is 0.270 e. The van der Waals surface area contributed by atoms with E-state index in [9.17, 15) is 19.1 Å². The molecule has 0 spiro atoms. The molecule has 3 aromatic rings. The lowest BCUT2D eigenvalue weighted by atomic mass is 10.2. The van der Waals surface area contributed by atoms with Crippen LogP contribution in [0.3, 0.4) is 0 Å². The normalized spacial score (nSPS) is 15.2. The molecular weight excluding hydrogens is 380 g/mol. The average Bonchev–Trinajstić information content (AvgIpc) is 3.19. The Bertz CT molecular complexity index is 1140. The zero-order valence-corrected chi connectivity index (χ0v) is 15.7. The van der Waals surface area contributed by atoms with Gasteiger partial charge in [-0.1, -0.05) is 24.3 Å². The zero-order valence-electron chi connectivity index (χ0n) is 14.9. The van der Waals surface area contributed by atoms with Crippen LogP contribution in [-0.4, -0.2) is 24.8 Å². The van der Waals surface area contributed by atoms with Crippen molar-refractivity contribution in [1.82, 2.24) is 9.78 Å². The van der Waals surface area contributed by atoms with Crippen LogP contribution in [0, 0.1) is 17.0 Å². The standard InChI is InChI=1S/C19H16N4O4S/c1-12-5-2-3-8-17(12)22-18(15-10-28(27)11-16(15)21-22)20-19(24)13-6-4-7-14(9-13)23(25)26/h2-9H,10-11H2,1H3,(H,20,24)/t28-/m0/s1. The predicted molar refractivity (Wildman–Crippen MR) is 105 cm³/mol. The van der Waals surface area contributed by atoms with Gasteiger partial charge in [-0.05, 0) is 24.6 Å². The molecule has 1 atom stereocenters. The van der Waals surface area contributed by atoms with E-state index < -0.39 is 21.6 Å². The molecule has 4 rings (SSSR count). The summed E-state index contributed by atoms with van der Waals surface area (Å²) in [5, 5.41) is 18.4. The van der Waals surface area contributed by atoms with Gasteiger partial charge in [-0.3, -0.25) is 19.1 Å². The van der Waals surface area contributed by atoms with E-state index in [-0.39, 0.29) is 11.3 Å². The van der Waals surface area contributed by atoms with E-state index in [1.807, 2.05) is 31.2 Å². The summed E-state index contributed by atoms with van der Waals surface area (Å²) in [4.78, 5) is 23.2. The molecule has 1 aromatic heterocycles. The van der Waals surface area contributed by atoms with Crippen LogP contribution in [-0.2, 0) is 22.3 Å². The second-order valence-corrected chi connectivity index (χ2v) is 7.92. The third-order valence-corrected chi connectivity index (χ3v) is 5.77. The number of rotatable bonds is 4. The number of non-ortho nitro benzene ring substituents is 1. The fourth-order valence-corrected chi connectivity index (χ4v) is 4.44. The molecule has 1 amide bonds. The molecular formula is C19H16N4O4S.